The van der Waals surface area contributed by atoms with E-state index in [2.05, 4.69) is 67.5 Å². The van der Waals surface area contributed by atoms with Gasteiger partial charge in [-0.05, 0) is 37.3 Å². The maximum Gasteiger partial charge on any atom is 0.149 e. The first-order valence-electron chi connectivity index (χ1n) is 7.66. The molecule has 2 unspecified atom stereocenters. The maximum absolute atomic E-state index is 4.16. The van der Waals surface area contributed by atoms with Gasteiger partial charge < -0.3 is 9.88 Å². The number of hydrogen-bond donors (Lipinski definition) is 1. The lowest BCUT2D eigenvalue weighted by molar-refractivity contribution is 0.466. The molecule has 0 radical (unpaired) electrons. The molecule has 1 N–H and O–H groups in total. The number of aryl methyl sites for hydroxylation is 1. The standard InChI is InChI=1S/C17H26N4/c1-12(2)10-15-6-8-16(9-7-15)13(3)19-14(4)17-20-18-11-21(17)5/h6-9,11-14,19H,10H2,1-5H3. The average Bonchev–Trinajstić information content (AvgIpc) is 2.85. The third-order valence-electron chi connectivity index (χ3n) is 3.76. The molecule has 0 fully saturated rings. The second-order valence-electron chi connectivity index (χ2n) is 6.25. The lowest BCUT2D eigenvalue weighted by atomic mass is 9.99. The summed E-state index contributed by atoms with van der Waals surface area (Å²) in [6.07, 6.45) is 2.87. The minimum absolute atomic E-state index is 0.169. The van der Waals surface area contributed by atoms with E-state index in [0.29, 0.717) is 5.92 Å². The number of rotatable bonds is 6. The van der Waals surface area contributed by atoms with Crippen LogP contribution in [0.1, 0.15) is 56.7 Å². The van der Waals surface area contributed by atoms with Crippen molar-refractivity contribution in [3.05, 3.63) is 47.5 Å². The van der Waals surface area contributed by atoms with E-state index in [1.807, 2.05) is 11.6 Å². The van der Waals surface area contributed by atoms with Crippen LogP contribution in [0.5, 0.6) is 0 Å². The van der Waals surface area contributed by atoms with Crippen LogP contribution < -0.4 is 5.32 Å². The van der Waals surface area contributed by atoms with E-state index >= 15 is 0 Å². The second-order valence-corrected chi connectivity index (χ2v) is 6.25. The first-order chi connectivity index (χ1) is 9.97. The van der Waals surface area contributed by atoms with Gasteiger partial charge in [0.2, 0.25) is 0 Å². The number of benzene rings is 1. The van der Waals surface area contributed by atoms with Crippen molar-refractivity contribution >= 4 is 0 Å². The van der Waals surface area contributed by atoms with Crippen LogP contribution in [0.4, 0.5) is 0 Å². The second kappa shape index (κ2) is 6.85. The molecule has 0 saturated heterocycles. The highest BCUT2D eigenvalue weighted by Crippen LogP contribution is 2.19. The third kappa shape index (κ3) is 4.14. The molecule has 0 bridgehead atoms. The van der Waals surface area contributed by atoms with Crippen LogP contribution in [0.25, 0.3) is 0 Å². The number of aromatic nitrogens is 3. The summed E-state index contributed by atoms with van der Waals surface area (Å²) >= 11 is 0. The Morgan fingerprint density at radius 3 is 2.24 bits per heavy atom. The lowest BCUT2D eigenvalue weighted by Gasteiger charge is -2.20. The van der Waals surface area contributed by atoms with Gasteiger partial charge in [-0.15, -0.1) is 10.2 Å². The molecule has 0 aliphatic heterocycles. The summed E-state index contributed by atoms with van der Waals surface area (Å²) in [6.45, 7) is 8.80. The molecular weight excluding hydrogens is 260 g/mol. The van der Waals surface area contributed by atoms with E-state index < -0.39 is 0 Å². The van der Waals surface area contributed by atoms with E-state index in [4.69, 9.17) is 0 Å². The zero-order chi connectivity index (χ0) is 15.4. The topological polar surface area (TPSA) is 42.7 Å². The van der Waals surface area contributed by atoms with Crippen molar-refractivity contribution in [3.8, 4) is 0 Å². The Morgan fingerprint density at radius 1 is 1.05 bits per heavy atom. The molecule has 21 heavy (non-hydrogen) atoms. The summed E-state index contributed by atoms with van der Waals surface area (Å²) in [6, 6.07) is 9.37. The molecule has 0 aliphatic rings. The van der Waals surface area contributed by atoms with Crippen LogP contribution in [0, 0.1) is 5.92 Å². The minimum Gasteiger partial charge on any atom is -0.319 e. The summed E-state index contributed by atoms with van der Waals surface area (Å²) in [7, 11) is 1.97. The largest absolute Gasteiger partial charge is 0.319 e. The van der Waals surface area contributed by atoms with Gasteiger partial charge in [0.15, 0.2) is 0 Å². The average molecular weight is 286 g/mol. The van der Waals surface area contributed by atoms with Crippen molar-refractivity contribution in [1.29, 1.82) is 0 Å². The zero-order valence-electron chi connectivity index (χ0n) is 13.7. The van der Waals surface area contributed by atoms with Crippen LogP contribution in [0.3, 0.4) is 0 Å². The molecular formula is C17H26N4. The molecule has 4 nitrogen and oxygen atoms in total. The minimum atomic E-state index is 0.169. The highest BCUT2D eigenvalue weighted by atomic mass is 15.3. The molecule has 1 aromatic heterocycles. The van der Waals surface area contributed by atoms with Crippen molar-refractivity contribution in [2.45, 2.75) is 46.2 Å². The van der Waals surface area contributed by atoms with Crippen LogP contribution in [-0.2, 0) is 13.5 Å². The smallest absolute Gasteiger partial charge is 0.149 e. The Balaban J connectivity index is 2.00. The van der Waals surface area contributed by atoms with Gasteiger partial charge in [-0.25, -0.2) is 0 Å². The molecule has 0 amide bonds. The first-order valence-corrected chi connectivity index (χ1v) is 7.66. The fraction of sp³-hybridized carbons (Fsp3) is 0.529. The lowest BCUT2D eigenvalue weighted by Crippen LogP contribution is -2.24. The molecule has 0 saturated carbocycles. The van der Waals surface area contributed by atoms with E-state index in [9.17, 15) is 0 Å². The van der Waals surface area contributed by atoms with E-state index in [1.54, 1.807) is 6.33 Å². The maximum atomic E-state index is 4.16. The fourth-order valence-electron chi connectivity index (χ4n) is 2.64. The Bertz CT molecular complexity index is 556. The Kier molecular flexibility index (Phi) is 5.12. The Labute approximate surface area is 127 Å². The Hall–Kier alpha value is -1.68. The van der Waals surface area contributed by atoms with Crippen LogP contribution >= 0.6 is 0 Å². The molecule has 2 rings (SSSR count). The molecule has 0 spiro atoms. The molecule has 0 aliphatic carbocycles. The van der Waals surface area contributed by atoms with E-state index in [0.717, 1.165) is 12.2 Å². The van der Waals surface area contributed by atoms with Crippen LogP contribution in [0.2, 0.25) is 0 Å². The summed E-state index contributed by atoms with van der Waals surface area (Å²) in [5.41, 5.74) is 2.71. The normalized spacial score (nSPS) is 14.4. The van der Waals surface area contributed by atoms with E-state index in [-0.39, 0.29) is 12.1 Å². The van der Waals surface area contributed by atoms with E-state index in [1.165, 1.54) is 11.1 Å². The molecule has 1 heterocycles. The van der Waals surface area contributed by atoms with Gasteiger partial charge >= 0.3 is 0 Å². The number of hydrogen-bond acceptors (Lipinski definition) is 3. The quantitative estimate of drug-likeness (QED) is 0.884. The molecule has 1 aromatic carbocycles. The van der Waals surface area contributed by atoms with Gasteiger partial charge in [-0.2, -0.15) is 0 Å². The van der Waals surface area contributed by atoms with Crippen molar-refractivity contribution < 1.29 is 0 Å². The summed E-state index contributed by atoms with van der Waals surface area (Å²) in [4.78, 5) is 0. The summed E-state index contributed by atoms with van der Waals surface area (Å²) in [5, 5.41) is 11.7. The van der Waals surface area contributed by atoms with Crippen molar-refractivity contribution in [2.24, 2.45) is 13.0 Å². The number of nitrogens with one attached hydrogen (secondary N) is 1. The summed E-state index contributed by atoms with van der Waals surface area (Å²) in [5.74, 6) is 1.65. The predicted molar refractivity (Wildman–Crippen MR) is 86.0 cm³/mol. The monoisotopic (exact) mass is 286 g/mol. The van der Waals surface area contributed by atoms with Gasteiger partial charge in [-0.3, -0.25) is 0 Å². The summed E-state index contributed by atoms with van der Waals surface area (Å²) < 4.78 is 1.95. The number of nitrogens with zero attached hydrogens (tertiary/aromatic N) is 3. The fourth-order valence-corrected chi connectivity index (χ4v) is 2.64. The van der Waals surface area contributed by atoms with Crippen molar-refractivity contribution in [2.75, 3.05) is 0 Å². The van der Waals surface area contributed by atoms with Crippen molar-refractivity contribution in [1.82, 2.24) is 20.1 Å². The third-order valence-corrected chi connectivity index (χ3v) is 3.76. The first kappa shape index (κ1) is 15.7. The van der Waals surface area contributed by atoms with Gasteiger partial charge in [0.1, 0.15) is 12.2 Å². The molecule has 114 valence electrons. The van der Waals surface area contributed by atoms with Crippen LogP contribution in [-0.4, -0.2) is 14.8 Å². The van der Waals surface area contributed by atoms with Crippen molar-refractivity contribution in [3.63, 3.8) is 0 Å². The highest BCUT2D eigenvalue weighted by molar-refractivity contribution is 5.25. The van der Waals surface area contributed by atoms with Gasteiger partial charge in [0.25, 0.3) is 0 Å². The zero-order valence-corrected chi connectivity index (χ0v) is 13.7. The molecule has 2 aromatic rings. The Morgan fingerprint density at radius 2 is 1.71 bits per heavy atom. The van der Waals surface area contributed by atoms with Crippen LogP contribution in [0.15, 0.2) is 30.6 Å². The van der Waals surface area contributed by atoms with Gasteiger partial charge in [0, 0.05) is 13.1 Å². The molecule has 2 atom stereocenters. The SMILES string of the molecule is CC(C)Cc1ccc(C(C)NC(C)c2nncn2C)cc1. The molecule has 4 heteroatoms. The van der Waals surface area contributed by atoms with Gasteiger partial charge in [0.05, 0.1) is 6.04 Å². The predicted octanol–water partition coefficient (Wildman–Crippen LogP) is 3.43. The van der Waals surface area contributed by atoms with Gasteiger partial charge in [-0.1, -0.05) is 38.1 Å². The highest BCUT2D eigenvalue weighted by Gasteiger charge is 2.15.